The van der Waals surface area contributed by atoms with Crippen LogP contribution in [0.3, 0.4) is 0 Å². The second kappa shape index (κ2) is 8.21. The lowest BCUT2D eigenvalue weighted by atomic mass is 10.2. The summed E-state index contributed by atoms with van der Waals surface area (Å²) in [6.45, 7) is 2.45. The van der Waals surface area contributed by atoms with Gasteiger partial charge in [0.25, 0.3) is 5.91 Å². The summed E-state index contributed by atoms with van der Waals surface area (Å²) in [6.07, 6.45) is 3.08. The molecule has 2 rings (SSSR count). The number of ether oxygens (including phenoxy) is 1. The molecule has 2 aromatic rings. The van der Waals surface area contributed by atoms with Gasteiger partial charge in [-0.15, -0.1) is 12.4 Å². The number of benzene rings is 1. The van der Waals surface area contributed by atoms with Gasteiger partial charge in [-0.25, -0.2) is 4.39 Å². The molecule has 1 amide bonds. The van der Waals surface area contributed by atoms with E-state index in [-0.39, 0.29) is 30.6 Å². The molecule has 0 unspecified atom stereocenters. The zero-order chi connectivity index (χ0) is 14.4. The average Bonchev–Trinajstić information content (AvgIpc) is 2.48. The highest BCUT2D eigenvalue weighted by Gasteiger charge is 2.07. The van der Waals surface area contributed by atoms with Gasteiger partial charge in [-0.3, -0.25) is 9.78 Å². The van der Waals surface area contributed by atoms with Crippen LogP contribution in [0, 0.1) is 5.82 Å². The predicted molar refractivity (Wildman–Crippen MR) is 80.2 cm³/mol. The summed E-state index contributed by atoms with van der Waals surface area (Å²) < 4.78 is 18.8. The molecule has 0 bridgehead atoms. The highest BCUT2D eigenvalue weighted by molar-refractivity contribution is 5.93. The summed E-state index contributed by atoms with van der Waals surface area (Å²) in [5.41, 5.74) is 1.14. The third-order valence-electron chi connectivity index (χ3n) is 2.67. The Morgan fingerprint density at radius 3 is 2.81 bits per heavy atom. The van der Waals surface area contributed by atoms with Crippen molar-refractivity contribution in [1.82, 2.24) is 10.3 Å². The van der Waals surface area contributed by atoms with Crippen molar-refractivity contribution in [3.05, 3.63) is 59.7 Å². The van der Waals surface area contributed by atoms with Crippen molar-refractivity contribution in [2.45, 2.75) is 13.5 Å². The van der Waals surface area contributed by atoms with E-state index in [0.29, 0.717) is 17.7 Å². The van der Waals surface area contributed by atoms with Gasteiger partial charge in [0.15, 0.2) is 11.6 Å². The van der Waals surface area contributed by atoms with E-state index in [4.69, 9.17) is 4.74 Å². The number of carbonyl (C=O) groups excluding carboxylic acids is 1. The molecule has 1 heterocycles. The van der Waals surface area contributed by atoms with Crippen molar-refractivity contribution in [3.8, 4) is 5.75 Å². The molecule has 0 aliphatic rings. The van der Waals surface area contributed by atoms with Crippen LogP contribution in [0.5, 0.6) is 5.75 Å². The topological polar surface area (TPSA) is 51.2 Å². The smallest absolute Gasteiger partial charge is 0.253 e. The van der Waals surface area contributed by atoms with Crippen LogP contribution >= 0.6 is 12.4 Å². The van der Waals surface area contributed by atoms with E-state index in [1.165, 1.54) is 12.3 Å². The molecule has 4 nitrogen and oxygen atoms in total. The van der Waals surface area contributed by atoms with Crippen molar-refractivity contribution in [1.29, 1.82) is 0 Å². The van der Waals surface area contributed by atoms with Crippen molar-refractivity contribution in [2.75, 3.05) is 6.61 Å². The van der Waals surface area contributed by atoms with Crippen molar-refractivity contribution in [2.24, 2.45) is 0 Å². The quantitative estimate of drug-likeness (QED) is 0.923. The summed E-state index contributed by atoms with van der Waals surface area (Å²) in [4.78, 5) is 15.7. The third-order valence-corrected chi connectivity index (χ3v) is 2.67. The fourth-order valence-corrected chi connectivity index (χ4v) is 1.71. The van der Waals surface area contributed by atoms with Gasteiger partial charge in [0.1, 0.15) is 0 Å². The summed E-state index contributed by atoms with van der Waals surface area (Å²) in [5.74, 6) is -0.456. The number of amides is 1. The number of carbonyl (C=O) groups is 1. The van der Waals surface area contributed by atoms with Gasteiger partial charge in [-0.1, -0.05) is 6.07 Å². The molecule has 0 saturated carbocycles. The molecule has 1 aromatic heterocycles. The van der Waals surface area contributed by atoms with Crippen LogP contribution in [0.1, 0.15) is 22.8 Å². The molecule has 1 aromatic carbocycles. The van der Waals surface area contributed by atoms with E-state index in [0.717, 1.165) is 0 Å². The number of pyridine rings is 1. The first-order chi connectivity index (χ1) is 9.70. The van der Waals surface area contributed by atoms with E-state index in [9.17, 15) is 9.18 Å². The molecular formula is C15H16ClFN2O2. The van der Waals surface area contributed by atoms with Gasteiger partial charge >= 0.3 is 0 Å². The number of nitrogens with one attached hydrogen (secondary N) is 1. The van der Waals surface area contributed by atoms with Crippen LogP contribution in [-0.4, -0.2) is 17.5 Å². The van der Waals surface area contributed by atoms with E-state index >= 15 is 0 Å². The molecule has 0 radical (unpaired) electrons. The SMILES string of the molecule is CCOc1ccc(CNC(=O)c2cccnc2)cc1F.Cl. The minimum atomic E-state index is -0.431. The largest absolute Gasteiger partial charge is 0.491 e. The van der Waals surface area contributed by atoms with Crippen molar-refractivity contribution < 1.29 is 13.9 Å². The van der Waals surface area contributed by atoms with Crippen molar-refractivity contribution in [3.63, 3.8) is 0 Å². The fourth-order valence-electron chi connectivity index (χ4n) is 1.71. The lowest BCUT2D eigenvalue weighted by molar-refractivity contribution is 0.0950. The maximum Gasteiger partial charge on any atom is 0.253 e. The normalized spacial score (nSPS) is 9.62. The molecule has 0 aliphatic heterocycles. The van der Waals surface area contributed by atoms with Crippen LogP contribution in [0.15, 0.2) is 42.7 Å². The van der Waals surface area contributed by atoms with Gasteiger partial charge in [0.2, 0.25) is 0 Å². The van der Waals surface area contributed by atoms with Gasteiger partial charge in [0, 0.05) is 18.9 Å². The molecule has 0 aliphatic carbocycles. The Morgan fingerprint density at radius 2 is 2.19 bits per heavy atom. The summed E-state index contributed by atoms with van der Waals surface area (Å²) in [6, 6.07) is 7.99. The minimum Gasteiger partial charge on any atom is -0.491 e. The summed E-state index contributed by atoms with van der Waals surface area (Å²) in [7, 11) is 0. The second-order valence-electron chi connectivity index (χ2n) is 4.12. The standard InChI is InChI=1S/C15H15FN2O2.ClH/c1-2-20-14-6-5-11(8-13(14)16)9-18-15(19)12-4-3-7-17-10-12;/h3-8,10H,2,9H2,1H3,(H,18,19);1H. The molecule has 6 heteroatoms. The Labute approximate surface area is 128 Å². The highest BCUT2D eigenvalue weighted by atomic mass is 35.5. The lowest BCUT2D eigenvalue weighted by Crippen LogP contribution is -2.22. The molecule has 1 N–H and O–H groups in total. The average molecular weight is 311 g/mol. The Balaban J connectivity index is 0.00000220. The molecule has 0 atom stereocenters. The number of hydrogen-bond acceptors (Lipinski definition) is 3. The maximum atomic E-state index is 13.6. The van der Waals surface area contributed by atoms with Crippen LogP contribution in [0.2, 0.25) is 0 Å². The Morgan fingerprint density at radius 1 is 1.38 bits per heavy atom. The fraction of sp³-hybridized carbons (Fsp3) is 0.200. The van der Waals surface area contributed by atoms with Gasteiger partial charge in [-0.05, 0) is 36.8 Å². The third kappa shape index (κ3) is 4.72. The van der Waals surface area contributed by atoms with Gasteiger partial charge < -0.3 is 10.1 Å². The number of aromatic nitrogens is 1. The molecule has 112 valence electrons. The maximum absolute atomic E-state index is 13.6. The van der Waals surface area contributed by atoms with Crippen LogP contribution in [0.4, 0.5) is 4.39 Å². The van der Waals surface area contributed by atoms with Gasteiger partial charge in [0.05, 0.1) is 12.2 Å². The lowest BCUT2D eigenvalue weighted by Gasteiger charge is -2.08. The van der Waals surface area contributed by atoms with Gasteiger partial charge in [-0.2, -0.15) is 0 Å². The van der Waals surface area contributed by atoms with E-state index in [2.05, 4.69) is 10.3 Å². The molecule has 21 heavy (non-hydrogen) atoms. The number of hydrogen-bond donors (Lipinski definition) is 1. The molecule has 0 spiro atoms. The van der Waals surface area contributed by atoms with E-state index < -0.39 is 5.82 Å². The first-order valence-corrected chi connectivity index (χ1v) is 6.30. The van der Waals surface area contributed by atoms with Crippen LogP contribution < -0.4 is 10.1 Å². The molecule has 0 saturated heterocycles. The summed E-state index contributed by atoms with van der Waals surface area (Å²) in [5, 5.41) is 2.71. The summed E-state index contributed by atoms with van der Waals surface area (Å²) >= 11 is 0. The Hall–Kier alpha value is -2.14. The minimum absolute atomic E-state index is 0. The van der Waals surface area contributed by atoms with E-state index in [1.807, 2.05) is 0 Å². The highest BCUT2D eigenvalue weighted by Crippen LogP contribution is 2.18. The first-order valence-electron chi connectivity index (χ1n) is 6.30. The molecule has 0 fully saturated rings. The predicted octanol–water partition coefficient (Wildman–Crippen LogP) is 2.97. The van der Waals surface area contributed by atoms with Crippen LogP contribution in [-0.2, 0) is 6.54 Å². The Kier molecular flexibility index (Phi) is 6.62. The van der Waals surface area contributed by atoms with Crippen LogP contribution in [0.25, 0.3) is 0 Å². The van der Waals surface area contributed by atoms with E-state index in [1.54, 1.807) is 37.4 Å². The second-order valence-corrected chi connectivity index (χ2v) is 4.12. The zero-order valence-electron chi connectivity index (χ0n) is 11.5. The number of halogens is 2. The van der Waals surface area contributed by atoms with Crippen molar-refractivity contribution >= 4 is 18.3 Å². The molecular weight excluding hydrogens is 295 g/mol. The Bertz CT molecular complexity index is 593. The number of nitrogens with zero attached hydrogens (tertiary/aromatic N) is 1. The monoisotopic (exact) mass is 310 g/mol. The first kappa shape index (κ1) is 16.9. The zero-order valence-corrected chi connectivity index (χ0v) is 12.3. The number of rotatable bonds is 5.